The molecule has 0 fully saturated rings. The van der Waals surface area contributed by atoms with Crippen LogP contribution in [0.2, 0.25) is 0 Å². The van der Waals surface area contributed by atoms with Crippen molar-refractivity contribution in [2.45, 2.75) is 25.6 Å². The standard InChI is InChI=1S/C14H13F3N2O/c15-14(16,17)9-19-8-12(7-18-19)10-3-4-13-11(6-10)2-1-5-20-13/h3-4,6-8H,1-2,5,9H2. The lowest BCUT2D eigenvalue weighted by molar-refractivity contribution is -0.142. The smallest absolute Gasteiger partial charge is 0.408 e. The Hall–Kier alpha value is -1.98. The number of rotatable bonds is 2. The van der Waals surface area contributed by atoms with Crippen LogP contribution >= 0.6 is 0 Å². The minimum Gasteiger partial charge on any atom is -0.493 e. The van der Waals surface area contributed by atoms with Crippen molar-refractivity contribution in [1.82, 2.24) is 9.78 Å². The molecular weight excluding hydrogens is 269 g/mol. The zero-order valence-electron chi connectivity index (χ0n) is 10.7. The van der Waals surface area contributed by atoms with Crippen molar-refractivity contribution in [2.75, 3.05) is 6.61 Å². The Morgan fingerprint density at radius 3 is 2.90 bits per heavy atom. The normalized spacial score (nSPS) is 14.8. The number of nitrogens with zero attached hydrogens (tertiary/aromatic N) is 2. The third kappa shape index (κ3) is 2.79. The Morgan fingerprint density at radius 1 is 1.25 bits per heavy atom. The third-order valence-corrected chi connectivity index (χ3v) is 3.22. The molecule has 2 heterocycles. The molecule has 106 valence electrons. The Balaban J connectivity index is 1.86. The van der Waals surface area contributed by atoms with E-state index in [-0.39, 0.29) is 0 Å². The maximum Gasteiger partial charge on any atom is 0.408 e. The summed E-state index contributed by atoms with van der Waals surface area (Å²) < 4.78 is 43.3. The lowest BCUT2D eigenvalue weighted by Gasteiger charge is -2.17. The number of fused-ring (bicyclic) bond motifs is 1. The number of hydrogen-bond acceptors (Lipinski definition) is 2. The summed E-state index contributed by atoms with van der Waals surface area (Å²) in [5, 5.41) is 3.76. The molecule has 0 saturated carbocycles. The first-order valence-corrected chi connectivity index (χ1v) is 6.36. The molecule has 1 aliphatic heterocycles. The molecule has 1 aromatic heterocycles. The molecule has 0 bridgehead atoms. The summed E-state index contributed by atoms with van der Waals surface area (Å²) >= 11 is 0. The quantitative estimate of drug-likeness (QED) is 0.843. The fourth-order valence-corrected chi connectivity index (χ4v) is 2.32. The van der Waals surface area contributed by atoms with Crippen LogP contribution < -0.4 is 4.74 Å². The van der Waals surface area contributed by atoms with Gasteiger partial charge in [-0.2, -0.15) is 18.3 Å². The number of aryl methyl sites for hydroxylation is 1. The highest BCUT2D eigenvalue weighted by atomic mass is 19.4. The molecule has 0 N–H and O–H groups in total. The minimum atomic E-state index is -4.26. The first-order chi connectivity index (χ1) is 9.51. The zero-order chi connectivity index (χ0) is 14.2. The zero-order valence-corrected chi connectivity index (χ0v) is 10.7. The van der Waals surface area contributed by atoms with Crippen LogP contribution in [0.4, 0.5) is 13.2 Å². The van der Waals surface area contributed by atoms with Gasteiger partial charge in [-0.1, -0.05) is 6.07 Å². The highest BCUT2D eigenvalue weighted by Crippen LogP contribution is 2.30. The average Bonchev–Trinajstić information content (AvgIpc) is 2.84. The second-order valence-electron chi connectivity index (χ2n) is 4.82. The van der Waals surface area contributed by atoms with Gasteiger partial charge in [0.05, 0.1) is 12.8 Å². The Labute approximate surface area is 114 Å². The molecule has 20 heavy (non-hydrogen) atoms. The number of alkyl halides is 3. The van der Waals surface area contributed by atoms with E-state index < -0.39 is 12.7 Å². The molecule has 0 atom stereocenters. The van der Waals surface area contributed by atoms with Crippen LogP contribution in [-0.4, -0.2) is 22.6 Å². The fourth-order valence-electron chi connectivity index (χ4n) is 2.32. The third-order valence-electron chi connectivity index (χ3n) is 3.22. The molecule has 1 aliphatic rings. The molecule has 1 aromatic carbocycles. The summed E-state index contributed by atoms with van der Waals surface area (Å²) in [7, 11) is 0. The van der Waals surface area contributed by atoms with E-state index in [0.29, 0.717) is 5.56 Å². The largest absolute Gasteiger partial charge is 0.493 e. The summed E-state index contributed by atoms with van der Waals surface area (Å²) in [5.74, 6) is 0.864. The van der Waals surface area contributed by atoms with Crippen molar-refractivity contribution in [1.29, 1.82) is 0 Å². The van der Waals surface area contributed by atoms with Crippen molar-refractivity contribution >= 4 is 0 Å². The Bertz CT molecular complexity index is 619. The van der Waals surface area contributed by atoms with Crippen molar-refractivity contribution in [3.8, 4) is 16.9 Å². The molecule has 0 radical (unpaired) electrons. The summed E-state index contributed by atoms with van der Waals surface area (Å²) in [6.45, 7) is -0.350. The minimum absolute atomic E-state index is 0.683. The van der Waals surface area contributed by atoms with Crippen LogP contribution in [0.25, 0.3) is 11.1 Å². The van der Waals surface area contributed by atoms with E-state index in [1.54, 1.807) is 0 Å². The number of hydrogen-bond donors (Lipinski definition) is 0. The van der Waals surface area contributed by atoms with Gasteiger partial charge in [-0.3, -0.25) is 4.68 Å². The average molecular weight is 282 g/mol. The number of benzene rings is 1. The monoisotopic (exact) mass is 282 g/mol. The van der Waals surface area contributed by atoms with E-state index >= 15 is 0 Å². The first-order valence-electron chi connectivity index (χ1n) is 6.36. The van der Waals surface area contributed by atoms with Crippen LogP contribution in [0.15, 0.2) is 30.6 Å². The van der Waals surface area contributed by atoms with Crippen molar-refractivity contribution < 1.29 is 17.9 Å². The predicted molar refractivity (Wildman–Crippen MR) is 67.5 cm³/mol. The van der Waals surface area contributed by atoms with E-state index in [9.17, 15) is 13.2 Å². The maximum atomic E-state index is 12.3. The first kappa shape index (κ1) is 13.0. The molecule has 0 unspecified atom stereocenters. The van der Waals surface area contributed by atoms with E-state index in [2.05, 4.69) is 5.10 Å². The maximum absolute atomic E-state index is 12.3. The van der Waals surface area contributed by atoms with Crippen LogP contribution in [-0.2, 0) is 13.0 Å². The molecule has 0 saturated heterocycles. The molecular formula is C14H13F3N2O. The summed E-state index contributed by atoms with van der Waals surface area (Å²) in [6.07, 6.45) is 0.507. The molecule has 3 rings (SSSR count). The van der Waals surface area contributed by atoms with Gasteiger partial charge in [0.1, 0.15) is 12.3 Å². The summed E-state index contributed by atoms with van der Waals surface area (Å²) in [4.78, 5) is 0. The van der Waals surface area contributed by atoms with E-state index in [1.807, 2.05) is 18.2 Å². The second kappa shape index (κ2) is 4.85. The van der Waals surface area contributed by atoms with Gasteiger partial charge in [0.15, 0.2) is 0 Å². The van der Waals surface area contributed by atoms with Crippen LogP contribution in [0.3, 0.4) is 0 Å². The predicted octanol–water partition coefficient (Wildman–Crippen LogP) is 3.44. The van der Waals surface area contributed by atoms with E-state index in [0.717, 1.165) is 41.0 Å². The topological polar surface area (TPSA) is 27.1 Å². The van der Waals surface area contributed by atoms with Gasteiger partial charge in [0.2, 0.25) is 0 Å². The summed E-state index contributed by atoms with van der Waals surface area (Å²) in [6, 6.07) is 5.67. The Kier molecular flexibility index (Phi) is 3.16. The van der Waals surface area contributed by atoms with Gasteiger partial charge >= 0.3 is 6.18 Å². The number of aromatic nitrogens is 2. The fraction of sp³-hybridized carbons (Fsp3) is 0.357. The van der Waals surface area contributed by atoms with Gasteiger partial charge in [-0.25, -0.2) is 0 Å². The lowest BCUT2D eigenvalue weighted by atomic mass is 10.0. The van der Waals surface area contributed by atoms with Crippen molar-refractivity contribution in [3.63, 3.8) is 0 Å². The van der Waals surface area contributed by atoms with Crippen LogP contribution in [0.5, 0.6) is 5.75 Å². The van der Waals surface area contributed by atoms with E-state index in [1.165, 1.54) is 12.4 Å². The van der Waals surface area contributed by atoms with Gasteiger partial charge in [0.25, 0.3) is 0 Å². The summed E-state index contributed by atoms with van der Waals surface area (Å²) in [5.41, 5.74) is 2.64. The SMILES string of the molecule is FC(F)(F)Cn1cc(-c2ccc3c(c2)CCCO3)cn1. The lowest BCUT2D eigenvalue weighted by Crippen LogP contribution is -2.17. The van der Waals surface area contributed by atoms with Crippen LogP contribution in [0, 0.1) is 0 Å². The van der Waals surface area contributed by atoms with Gasteiger partial charge in [-0.15, -0.1) is 0 Å². The highest BCUT2D eigenvalue weighted by molar-refractivity contribution is 5.64. The number of halogens is 3. The van der Waals surface area contributed by atoms with Gasteiger partial charge in [0, 0.05) is 11.8 Å². The molecule has 6 heteroatoms. The molecule has 0 amide bonds. The van der Waals surface area contributed by atoms with Crippen molar-refractivity contribution in [2.24, 2.45) is 0 Å². The van der Waals surface area contributed by atoms with Gasteiger partial charge in [-0.05, 0) is 36.1 Å². The highest BCUT2D eigenvalue weighted by Gasteiger charge is 2.28. The second-order valence-corrected chi connectivity index (χ2v) is 4.82. The Morgan fingerprint density at radius 2 is 2.10 bits per heavy atom. The molecule has 2 aromatic rings. The van der Waals surface area contributed by atoms with E-state index in [4.69, 9.17) is 4.74 Å². The van der Waals surface area contributed by atoms with Crippen LogP contribution in [0.1, 0.15) is 12.0 Å². The molecule has 0 spiro atoms. The number of ether oxygens (including phenoxy) is 1. The van der Waals surface area contributed by atoms with Gasteiger partial charge < -0.3 is 4.74 Å². The molecule has 3 nitrogen and oxygen atoms in total. The van der Waals surface area contributed by atoms with Crippen molar-refractivity contribution in [3.05, 3.63) is 36.2 Å². The molecule has 0 aliphatic carbocycles.